The molecule has 0 aromatic carbocycles. The first kappa shape index (κ1) is 11.4. The molecule has 0 spiro atoms. The zero-order valence-corrected chi connectivity index (χ0v) is 7.92. The van der Waals surface area contributed by atoms with Gasteiger partial charge in [-0.05, 0) is 12.8 Å². The molecule has 0 saturated carbocycles. The van der Waals surface area contributed by atoms with Crippen LogP contribution in [0, 0.1) is 5.41 Å². The Labute approximate surface area is 73.3 Å². The van der Waals surface area contributed by atoms with Gasteiger partial charge in [-0.25, -0.2) is 0 Å². The second-order valence-corrected chi connectivity index (χ2v) is 2.42. The Morgan fingerprint density at radius 1 is 1.25 bits per heavy atom. The fraction of sp³-hybridized carbons (Fsp3) is 0.875. The van der Waals surface area contributed by atoms with Crippen LogP contribution in [-0.2, 0) is 14.2 Å². The minimum Gasteiger partial charge on any atom is -0.484 e. The number of ether oxygens (including phenoxy) is 3. The van der Waals surface area contributed by atoms with E-state index in [-0.39, 0.29) is 6.29 Å². The maximum absolute atomic E-state index is 7.19. The topological polar surface area (TPSA) is 51.5 Å². The van der Waals surface area contributed by atoms with E-state index >= 15 is 0 Å². The van der Waals surface area contributed by atoms with Crippen molar-refractivity contribution in [1.82, 2.24) is 0 Å². The highest BCUT2D eigenvalue weighted by Gasteiger charge is 2.05. The van der Waals surface area contributed by atoms with Crippen LogP contribution in [0.1, 0.15) is 19.3 Å². The monoisotopic (exact) mass is 175 g/mol. The summed E-state index contributed by atoms with van der Waals surface area (Å²) in [5, 5.41) is 7.19. The fourth-order valence-corrected chi connectivity index (χ4v) is 0.863. The van der Waals surface area contributed by atoms with E-state index in [4.69, 9.17) is 19.6 Å². The van der Waals surface area contributed by atoms with Crippen LogP contribution in [0.5, 0.6) is 0 Å². The highest BCUT2D eigenvalue weighted by molar-refractivity contribution is 5.72. The third kappa shape index (κ3) is 5.09. The molecule has 4 heteroatoms. The number of rotatable bonds is 6. The van der Waals surface area contributed by atoms with Crippen LogP contribution in [-0.4, -0.2) is 33.5 Å². The molecule has 12 heavy (non-hydrogen) atoms. The van der Waals surface area contributed by atoms with Gasteiger partial charge in [-0.3, -0.25) is 5.41 Å². The summed E-state index contributed by atoms with van der Waals surface area (Å²) in [6.07, 6.45) is 2.12. The van der Waals surface area contributed by atoms with Gasteiger partial charge < -0.3 is 14.2 Å². The standard InChI is InChI=1S/C8H17NO3/c1-10-7(9)5-4-6-8(11-2)12-3/h8-9H,4-6H2,1-3H3. The van der Waals surface area contributed by atoms with E-state index in [1.807, 2.05) is 0 Å². The molecule has 0 radical (unpaired) electrons. The van der Waals surface area contributed by atoms with Gasteiger partial charge in [0.1, 0.15) is 0 Å². The van der Waals surface area contributed by atoms with Crippen molar-refractivity contribution in [2.24, 2.45) is 0 Å². The number of hydrogen-bond donors (Lipinski definition) is 1. The fourth-order valence-electron chi connectivity index (χ4n) is 0.863. The van der Waals surface area contributed by atoms with Crippen molar-refractivity contribution < 1.29 is 14.2 Å². The molecule has 0 aliphatic carbocycles. The summed E-state index contributed by atoms with van der Waals surface area (Å²) in [5.41, 5.74) is 0. The molecular formula is C8H17NO3. The zero-order valence-electron chi connectivity index (χ0n) is 7.92. The first-order valence-electron chi connectivity index (χ1n) is 3.91. The highest BCUT2D eigenvalue weighted by atomic mass is 16.7. The summed E-state index contributed by atoms with van der Waals surface area (Å²) < 4.78 is 14.7. The maximum Gasteiger partial charge on any atom is 0.180 e. The van der Waals surface area contributed by atoms with Gasteiger partial charge in [-0.2, -0.15) is 0 Å². The van der Waals surface area contributed by atoms with Gasteiger partial charge in [-0.15, -0.1) is 0 Å². The maximum atomic E-state index is 7.19. The first-order chi connectivity index (χ1) is 5.74. The lowest BCUT2D eigenvalue weighted by atomic mass is 10.2. The van der Waals surface area contributed by atoms with Gasteiger partial charge >= 0.3 is 0 Å². The summed E-state index contributed by atoms with van der Waals surface area (Å²) >= 11 is 0. The van der Waals surface area contributed by atoms with Crippen LogP contribution in [0.25, 0.3) is 0 Å². The Hall–Kier alpha value is -0.610. The zero-order chi connectivity index (χ0) is 9.40. The van der Waals surface area contributed by atoms with Crippen LogP contribution in [0.4, 0.5) is 0 Å². The Bertz CT molecular complexity index is 123. The van der Waals surface area contributed by atoms with Gasteiger partial charge in [0.2, 0.25) is 0 Å². The Morgan fingerprint density at radius 2 is 1.83 bits per heavy atom. The molecule has 0 bridgehead atoms. The summed E-state index contributed by atoms with van der Waals surface area (Å²) in [5.74, 6) is 0.306. The largest absolute Gasteiger partial charge is 0.484 e. The summed E-state index contributed by atoms with van der Waals surface area (Å²) in [7, 11) is 4.72. The smallest absolute Gasteiger partial charge is 0.180 e. The van der Waals surface area contributed by atoms with Crippen LogP contribution in [0.2, 0.25) is 0 Å². The van der Waals surface area contributed by atoms with Crippen molar-refractivity contribution in [1.29, 1.82) is 5.41 Å². The molecule has 0 heterocycles. The third-order valence-corrected chi connectivity index (χ3v) is 1.62. The predicted molar refractivity (Wildman–Crippen MR) is 46.4 cm³/mol. The molecule has 1 N–H and O–H groups in total. The molecule has 4 nitrogen and oxygen atoms in total. The van der Waals surface area contributed by atoms with E-state index in [1.165, 1.54) is 7.11 Å². The molecule has 72 valence electrons. The molecule has 0 fully saturated rings. The molecule has 0 aliphatic rings. The van der Waals surface area contributed by atoms with Crippen molar-refractivity contribution in [3.8, 4) is 0 Å². The molecule has 0 atom stereocenters. The van der Waals surface area contributed by atoms with E-state index < -0.39 is 0 Å². The average Bonchev–Trinajstić information content (AvgIpc) is 2.12. The van der Waals surface area contributed by atoms with Crippen LogP contribution in [0.3, 0.4) is 0 Å². The molecular weight excluding hydrogens is 158 g/mol. The van der Waals surface area contributed by atoms with E-state index in [2.05, 4.69) is 0 Å². The summed E-state index contributed by atoms with van der Waals surface area (Å²) in [4.78, 5) is 0. The number of hydrogen-bond acceptors (Lipinski definition) is 4. The van der Waals surface area contributed by atoms with Crippen molar-refractivity contribution in [2.45, 2.75) is 25.6 Å². The Balaban J connectivity index is 3.34. The van der Waals surface area contributed by atoms with Gasteiger partial charge in [0.15, 0.2) is 12.2 Å². The van der Waals surface area contributed by atoms with Crippen LogP contribution < -0.4 is 0 Å². The van der Waals surface area contributed by atoms with Gasteiger partial charge in [0, 0.05) is 20.6 Å². The third-order valence-electron chi connectivity index (χ3n) is 1.62. The van der Waals surface area contributed by atoms with E-state index in [0.29, 0.717) is 12.3 Å². The van der Waals surface area contributed by atoms with Crippen molar-refractivity contribution in [3.05, 3.63) is 0 Å². The first-order valence-corrected chi connectivity index (χ1v) is 3.91. The highest BCUT2D eigenvalue weighted by Crippen LogP contribution is 2.05. The number of nitrogens with one attached hydrogen (secondary N) is 1. The van der Waals surface area contributed by atoms with Gasteiger partial charge in [0.25, 0.3) is 0 Å². The van der Waals surface area contributed by atoms with E-state index in [9.17, 15) is 0 Å². The van der Waals surface area contributed by atoms with Crippen molar-refractivity contribution in [3.63, 3.8) is 0 Å². The quantitative estimate of drug-likeness (QED) is 0.377. The average molecular weight is 175 g/mol. The lowest BCUT2D eigenvalue weighted by Gasteiger charge is -2.12. The van der Waals surface area contributed by atoms with Gasteiger partial charge in [0.05, 0.1) is 7.11 Å². The van der Waals surface area contributed by atoms with Crippen LogP contribution in [0.15, 0.2) is 0 Å². The molecule has 0 aromatic rings. The van der Waals surface area contributed by atoms with E-state index in [0.717, 1.165) is 12.8 Å². The van der Waals surface area contributed by atoms with Crippen molar-refractivity contribution in [2.75, 3.05) is 21.3 Å². The van der Waals surface area contributed by atoms with Gasteiger partial charge in [-0.1, -0.05) is 0 Å². The van der Waals surface area contributed by atoms with E-state index in [1.54, 1.807) is 14.2 Å². The lowest BCUT2D eigenvalue weighted by Crippen LogP contribution is -2.13. The SMILES string of the molecule is COC(=N)CCCC(OC)OC. The molecule has 0 unspecified atom stereocenters. The minimum atomic E-state index is -0.158. The lowest BCUT2D eigenvalue weighted by molar-refractivity contribution is -0.106. The predicted octanol–water partition coefficient (Wildman–Crippen LogP) is 1.40. The normalized spacial score (nSPS) is 10.3. The Kier molecular flexibility index (Phi) is 6.70. The summed E-state index contributed by atoms with van der Waals surface area (Å²) in [6.45, 7) is 0. The Morgan fingerprint density at radius 3 is 2.25 bits per heavy atom. The molecule has 0 aliphatic heterocycles. The molecule has 0 aromatic heterocycles. The second-order valence-electron chi connectivity index (χ2n) is 2.42. The molecule has 0 saturated heterocycles. The molecule has 0 amide bonds. The number of methoxy groups -OCH3 is 3. The molecule has 0 rings (SSSR count). The second kappa shape index (κ2) is 7.06. The minimum absolute atomic E-state index is 0.158. The summed E-state index contributed by atoms with van der Waals surface area (Å²) in [6, 6.07) is 0. The van der Waals surface area contributed by atoms with Crippen LogP contribution >= 0.6 is 0 Å². The van der Waals surface area contributed by atoms with Crippen molar-refractivity contribution >= 4 is 5.90 Å².